The normalized spacial score (nSPS) is 13.6. The summed E-state index contributed by atoms with van der Waals surface area (Å²) in [5.74, 6) is -1.02. The lowest BCUT2D eigenvalue weighted by atomic mass is 9.95. The summed E-state index contributed by atoms with van der Waals surface area (Å²) in [6.45, 7) is 9.48. The fourth-order valence-corrected chi connectivity index (χ4v) is 9.79. The number of carbonyl (C=O) groups excluding carboxylic acids is 1. The number of aryl methyl sites for hydroxylation is 4. The fraction of sp³-hybridized carbons (Fsp3) is 0.182. The largest absolute Gasteiger partial charge is 0.481 e. The number of thiophene rings is 1. The first-order valence-electron chi connectivity index (χ1n) is 18.8. The molecule has 0 bridgehead atoms. The van der Waals surface area contributed by atoms with Crippen molar-refractivity contribution in [3.8, 4) is 22.2 Å². The standard InChI is InChI=1S/C44H37FN8O5S2/c1-22-6-15-35(41-38(22)30(19-46)21-47-41)52-60(57,58)31-13-7-27(8-14-31)20-48-43(56)32-17-34(45)33(16-23(32)2)28-9-11-29(12-10-28)40-39-24(3)25(4)59-44(39)53-26(5)50-51-42(53)36(49-40)18-37(54)55/h6-17,21,36,47,52H,18,20H2,1-5H3,(H,48,56)(H,54,55)/t36-/m0/s1. The SMILES string of the molecule is Cc1cc(-c2ccc(C3=N[C@@H](CC(=O)O)c4nnc(C)n4-c4sc(C)c(C)c43)cc2)c(F)cc1C(=O)NCc1ccc(S(=O)(=O)Nc2ccc(C)c3c(C#N)c[nH]c23)cc1. The Morgan fingerprint density at radius 1 is 0.967 bits per heavy atom. The quantitative estimate of drug-likeness (QED) is 0.106. The number of aliphatic imine (C=N–C) groups is 1. The Balaban J connectivity index is 0.980. The predicted molar refractivity (Wildman–Crippen MR) is 227 cm³/mol. The molecule has 1 amide bonds. The van der Waals surface area contributed by atoms with E-state index >= 15 is 4.39 Å². The van der Waals surface area contributed by atoms with Crippen LogP contribution >= 0.6 is 11.3 Å². The first kappa shape index (κ1) is 39.8. The molecule has 8 rings (SSSR count). The number of H-pyrrole nitrogens is 1. The molecule has 0 radical (unpaired) electrons. The Morgan fingerprint density at radius 2 is 1.68 bits per heavy atom. The number of aromatic nitrogens is 4. The number of hydrogen-bond acceptors (Lipinski definition) is 9. The van der Waals surface area contributed by atoms with Gasteiger partial charge in [-0.1, -0.05) is 42.5 Å². The molecule has 1 aliphatic heterocycles. The van der Waals surface area contributed by atoms with Crippen molar-refractivity contribution < 1.29 is 27.5 Å². The van der Waals surface area contributed by atoms with Crippen molar-refractivity contribution in [1.29, 1.82) is 5.26 Å². The number of amides is 1. The first-order chi connectivity index (χ1) is 28.6. The number of nitriles is 1. The third-order valence-electron chi connectivity index (χ3n) is 10.7. The highest BCUT2D eigenvalue weighted by molar-refractivity contribution is 7.92. The number of carboxylic acids is 1. The molecule has 3 aromatic heterocycles. The molecular formula is C44H37FN8O5S2. The second-order valence-electron chi connectivity index (χ2n) is 14.6. The van der Waals surface area contributed by atoms with Crippen molar-refractivity contribution >= 4 is 55.5 Å². The molecule has 0 fully saturated rings. The van der Waals surface area contributed by atoms with Gasteiger partial charge in [0.15, 0.2) is 5.82 Å². The first-order valence-corrected chi connectivity index (χ1v) is 21.1. The number of nitrogens with one attached hydrogen (secondary N) is 3. The van der Waals surface area contributed by atoms with Crippen LogP contribution in [0.5, 0.6) is 0 Å². The van der Waals surface area contributed by atoms with E-state index in [1.807, 2.05) is 44.4 Å². The van der Waals surface area contributed by atoms with Crippen LogP contribution < -0.4 is 10.0 Å². The van der Waals surface area contributed by atoms with Gasteiger partial charge in [-0.15, -0.1) is 21.5 Å². The highest BCUT2D eigenvalue weighted by Gasteiger charge is 2.32. The summed E-state index contributed by atoms with van der Waals surface area (Å²) >= 11 is 1.56. The third-order valence-corrected chi connectivity index (χ3v) is 13.3. The molecule has 13 nitrogen and oxygen atoms in total. The smallest absolute Gasteiger partial charge is 0.306 e. The molecule has 0 unspecified atom stereocenters. The molecule has 4 heterocycles. The van der Waals surface area contributed by atoms with Crippen LogP contribution in [-0.2, 0) is 21.4 Å². The number of carbonyl (C=O) groups is 2. The van der Waals surface area contributed by atoms with Gasteiger partial charge in [0.1, 0.15) is 28.8 Å². The molecule has 0 saturated heterocycles. The van der Waals surface area contributed by atoms with Gasteiger partial charge in [-0.2, -0.15) is 5.26 Å². The van der Waals surface area contributed by atoms with Gasteiger partial charge in [0.2, 0.25) is 0 Å². The lowest BCUT2D eigenvalue weighted by molar-refractivity contribution is -0.137. The van der Waals surface area contributed by atoms with Crippen LogP contribution in [0.25, 0.3) is 27.0 Å². The molecule has 1 atom stereocenters. The lowest BCUT2D eigenvalue weighted by Crippen LogP contribution is -2.24. The molecule has 0 aliphatic carbocycles. The Labute approximate surface area is 348 Å². The van der Waals surface area contributed by atoms with Crippen LogP contribution in [0.3, 0.4) is 0 Å². The number of aromatic amines is 1. The minimum atomic E-state index is -3.99. The molecule has 302 valence electrons. The third kappa shape index (κ3) is 7.11. The van der Waals surface area contributed by atoms with Gasteiger partial charge in [-0.05, 0) is 92.8 Å². The van der Waals surface area contributed by atoms with Gasteiger partial charge < -0.3 is 15.4 Å². The molecule has 16 heteroatoms. The number of fused-ring (bicyclic) bond motifs is 4. The zero-order valence-electron chi connectivity index (χ0n) is 33.0. The Hall–Kier alpha value is -6.96. The topological polar surface area (TPSA) is 195 Å². The van der Waals surface area contributed by atoms with Crippen molar-refractivity contribution in [3.63, 3.8) is 0 Å². The number of hydrogen-bond donors (Lipinski definition) is 4. The fourth-order valence-electron chi connectivity index (χ4n) is 7.51. The zero-order chi connectivity index (χ0) is 42.6. The number of anilines is 1. The molecule has 7 aromatic rings. The molecule has 4 aromatic carbocycles. The summed E-state index contributed by atoms with van der Waals surface area (Å²) in [5, 5.41) is 32.1. The van der Waals surface area contributed by atoms with E-state index in [1.54, 1.807) is 60.7 Å². The van der Waals surface area contributed by atoms with Gasteiger partial charge in [0, 0.05) is 45.3 Å². The van der Waals surface area contributed by atoms with Crippen LogP contribution in [0.15, 0.2) is 88.9 Å². The average molecular weight is 841 g/mol. The van der Waals surface area contributed by atoms with Gasteiger partial charge >= 0.3 is 5.97 Å². The van der Waals surface area contributed by atoms with Gasteiger partial charge in [-0.3, -0.25) is 23.9 Å². The minimum Gasteiger partial charge on any atom is -0.481 e. The maximum absolute atomic E-state index is 15.8. The van der Waals surface area contributed by atoms with Crippen molar-refractivity contribution in [1.82, 2.24) is 25.1 Å². The van der Waals surface area contributed by atoms with Crippen LogP contribution in [-0.4, -0.2) is 50.9 Å². The number of benzene rings is 4. The summed E-state index contributed by atoms with van der Waals surface area (Å²) in [6.07, 6.45) is 1.27. The van der Waals surface area contributed by atoms with Crippen LogP contribution in [0, 0.1) is 51.8 Å². The van der Waals surface area contributed by atoms with E-state index in [9.17, 15) is 28.4 Å². The van der Waals surface area contributed by atoms with E-state index < -0.39 is 33.8 Å². The second kappa shape index (κ2) is 15.3. The number of sulfonamides is 1. The maximum Gasteiger partial charge on any atom is 0.306 e. The maximum atomic E-state index is 15.8. The van der Waals surface area contributed by atoms with Crippen LogP contribution in [0.2, 0.25) is 0 Å². The van der Waals surface area contributed by atoms with Crippen molar-refractivity contribution in [3.05, 3.63) is 146 Å². The summed E-state index contributed by atoms with van der Waals surface area (Å²) in [5.41, 5.74) is 7.47. The second-order valence-corrected chi connectivity index (χ2v) is 17.5. The number of aliphatic carboxylic acids is 1. The highest BCUT2D eigenvalue weighted by atomic mass is 32.2. The summed E-state index contributed by atoms with van der Waals surface area (Å²) in [7, 11) is -3.99. The molecule has 1 aliphatic rings. The minimum absolute atomic E-state index is 0.00580. The molecule has 60 heavy (non-hydrogen) atoms. The molecular weight excluding hydrogens is 804 g/mol. The van der Waals surface area contributed by atoms with Crippen molar-refractivity contribution in [2.24, 2.45) is 4.99 Å². The Morgan fingerprint density at radius 3 is 2.38 bits per heavy atom. The van der Waals surface area contributed by atoms with E-state index in [-0.39, 0.29) is 23.4 Å². The Kier molecular flexibility index (Phi) is 10.2. The van der Waals surface area contributed by atoms with Gasteiger partial charge in [0.25, 0.3) is 15.9 Å². The van der Waals surface area contributed by atoms with E-state index in [1.165, 1.54) is 24.4 Å². The average Bonchev–Trinajstić information content (AvgIpc) is 3.90. The highest BCUT2D eigenvalue weighted by Crippen LogP contribution is 2.40. The molecule has 4 N–H and O–H groups in total. The van der Waals surface area contributed by atoms with E-state index in [0.29, 0.717) is 61.8 Å². The summed E-state index contributed by atoms with van der Waals surface area (Å²) < 4.78 is 46.9. The monoisotopic (exact) mass is 840 g/mol. The van der Waals surface area contributed by atoms with E-state index in [0.717, 1.165) is 32.1 Å². The van der Waals surface area contributed by atoms with Gasteiger partial charge in [0.05, 0.1) is 33.8 Å². The zero-order valence-corrected chi connectivity index (χ0v) is 34.6. The van der Waals surface area contributed by atoms with Crippen LogP contribution in [0.4, 0.5) is 10.1 Å². The number of nitrogens with zero attached hydrogens (tertiary/aromatic N) is 5. The van der Waals surface area contributed by atoms with Crippen molar-refractivity contribution in [2.75, 3.05) is 4.72 Å². The molecule has 0 spiro atoms. The molecule has 0 saturated carbocycles. The number of carboxylic acid groups (broad SMARTS) is 1. The lowest BCUT2D eigenvalue weighted by Gasteiger charge is -2.13. The van der Waals surface area contributed by atoms with Gasteiger partial charge in [-0.25, -0.2) is 12.8 Å². The summed E-state index contributed by atoms with van der Waals surface area (Å²) in [4.78, 5) is 34.3. The summed E-state index contributed by atoms with van der Waals surface area (Å²) in [6, 6.07) is 20.8. The van der Waals surface area contributed by atoms with Crippen LogP contribution in [0.1, 0.15) is 78.3 Å². The Bertz CT molecular complexity index is 3090. The van der Waals surface area contributed by atoms with E-state index in [4.69, 9.17) is 4.99 Å². The number of rotatable bonds is 10. The van der Waals surface area contributed by atoms with E-state index in [2.05, 4.69) is 31.3 Å². The predicted octanol–water partition coefficient (Wildman–Crippen LogP) is 8.13. The van der Waals surface area contributed by atoms with Crippen molar-refractivity contribution in [2.45, 2.75) is 58.5 Å². The number of halogens is 1.